The van der Waals surface area contributed by atoms with Gasteiger partial charge in [0.2, 0.25) is 0 Å². The van der Waals surface area contributed by atoms with E-state index in [2.05, 4.69) is 15.9 Å². The standard InChI is InChI=1S/C16H15BrO2S/c1-11-9-13(5-8-15(11)17)19-10-16(18)12-3-6-14(20-2)7-4-12/h3-9H,10H2,1-2H3. The Hall–Kier alpha value is -1.26. The number of hydrogen-bond donors (Lipinski definition) is 0. The van der Waals surface area contributed by atoms with E-state index < -0.39 is 0 Å². The van der Waals surface area contributed by atoms with E-state index >= 15 is 0 Å². The van der Waals surface area contributed by atoms with Crippen LogP contribution in [-0.4, -0.2) is 18.6 Å². The van der Waals surface area contributed by atoms with Gasteiger partial charge in [0.25, 0.3) is 0 Å². The van der Waals surface area contributed by atoms with Gasteiger partial charge in [-0.05, 0) is 49.1 Å². The fraction of sp³-hybridized carbons (Fsp3) is 0.188. The summed E-state index contributed by atoms with van der Waals surface area (Å²) in [6.07, 6.45) is 2.01. The maximum absolute atomic E-state index is 12.0. The van der Waals surface area contributed by atoms with Crippen molar-refractivity contribution in [1.82, 2.24) is 0 Å². The van der Waals surface area contributed by atoms with Gasteiger partial charge >= 0.3 is 0 Å². The number of ketones is 1. The molecule has 0 spiro atoms. The summed E-state index contributed by atoms with van der Waals surface area (Å²) in [6.45, 7) is 2.04. The molecule has 4 heteroatoms. The Kier molecular flexibility index (Phi) is 5.26. The van der Waals surface area contributed by atoms with Gasteiger partial charge in [-0.1, -0.05) is 28.1 Å². The zero-order chi connectivity index (χ0) is 14.5. The van der Waals surface area contributed by atoms with Crippen molar-refractivity contribution in [2.45, 2.75) is 11.8 Å². The van der Waals surface area contributed by atoms with Gasteiger partial charge in [0.05, 0.1) is 0 Å². The third kappa shape index (κ3) is 3.87. The number of ether oxygens (including phenoxy) is 1. The van der Waals surface area contributed by atoms with Crippen LogP contribution in [0.3, 0.4) is 0 Å². The van der Waals surface area contributed by atoms with Crippen LogP contribution in [0.2, 0.25) is 0 Å². The minimum absolute atomic E-state index is 0.0155. The lowest BCUT2D eigenvalue weighted by Crippen LogP contribution is -2.11. The monoisotopic (exact) mass is 350 g/mol. The van der Waals surface area contributed by atoms with Crippen LogP contribution in [0, 0.1) is 6.92 Å². The first kappa shape index (κ1) is 15.1. The molecule has 0 aliphatic heterocycles. The molecule has 0 aliphatic rings. The normalized spacial score (nSPS) is 10.3. The number of thioether (sulfide) groups is 1. The van der Waals surface area contributed by atoms with Crippen molar-refractivity contribution in [2.75, 3.05) is 12.9 Å². The van der Waals surface area contributed by atoms with E-state index in [1.807, 2.05) is 55.6 Å². The van der Waals surface area contributed by atoms with E-state index in [0.717, 1.165) is 14.9 Å². The van der Waals surface area contributed by atoms with Crippen LogP contribution in [0.25, 0.3) is 0 Å². The highest BCUT2D eigenvalue weighted by molar-refractivity contribution is 9.10. The van der Waals surface area contributed by atoms with Crippen LogP contribution < -0.4 is 4.74 Å². The van der Waals surface area contributed by atoms with E-state index in [9.17, 15) is 4.79 Å². The number of rotatable bonds is 5. The van der Waals surface area contributed by atoms with E-state index in [1.165, 1.54) is 0 Å². The van der Waals surface area contributed by atoms with Crippen LogP contribution in [0.5, 0.6) is 5.75 Å². The third-order valence-electron chi connectivity index (χ3n) is 2.91. The van der Waals surface area contributed by atoms with E-state index in [-0.39, 0.29) is 12.4 Å². The lowest BCUT2D eigenvalue weighted by molar-refractivity contribution is 0.0921. The molecule has 0 bridgehead atoms. The molecule has 0 aromatic heterocycles. The molecule has 2 aromatic carbocycles. The minimum Gasteiger partial charge on any atom is -0.485 e. The van der Waals surface area contributed by atoms with Crippen LogP contribution in [-0.2, 0) is 0 Å². The van der Waals surface area contributed by atoms with Crippen molar-refractivity contribution < 1.29 is 9.53 Å². The maximum atomic E-state index is 12.0. The van der Waals surface area contributed by atoms with E-state index in [1.54, 1.807) is 11.8 Å². The summed E-state index contributed by atoms with van der Waals surface area (Å²) in [7, 11) is 0. The number of benzene rings is 2. The Labute approximate surface area is 131 Å². The van der Waals surface area contributed by atoms with Gasteiger partial charge in [0.1, 0.15) is 5.75 Å². The Morgan fingerprint density at radius 3 is 2.50 bits per heavy atom. The molecule has 0 saturated carbocycles. The Morgan fingerprint density at radius 2 is 1.90 bits per heavy atom. The average molecular weight is 351 g/mol. The number of carbonyl (C=O) groups is 1. The summed E-state index contributed by atoms with van der Waals surface area (Å²) in [5.74, 6) is 0.693. The lowest BCUT2D eigenvalue weighted by atomic mass is 10.1. The number of hydrogen-bond acceptors (Lipinski definition) is 3. The van der Waals surface area contributed by atoms with Gasteiger partial charge in [-0.25, -0.2) is 0 Å². The first-order valence-corrected chi connectivity index (χ1v) is 8.18. The van der Waals surface area contributed by atoms with Crippen molar-refractivity contribution in [3.05, 3.63) is 58.1 Å². The fourth-order valence-corrected chi connectivity index (χ4v) is 2.37. The van der Waals surface area contributed by atoms with Crippen molar-refractivity contribution in [3.8, 4) is 5.75 Å². The summed E-state index contributed by atoms with van der Waals surface area (Å²) in [5, 5.41) is 0. The molecule has 0 radical (unpaired) electrons. The highest BCUT2D eigenvalue weighted by Crippen LogP contribution is 2.22. The van der Waals surface area contributed by atoms with Crippen LogP contribution in [0.15, 0.2) is 51.8 Å². The first-order chi connectivity index (χ1) is 9.60. The van der Waals surface area contributed by atoms with Crippen LogP contribution >= 0.6 is 27.7 Å². The fourth-order valence-electron chi connectivity index (χ4n) is 1.72. The summed E-state index contributed by atoms with van der Waals surface area (Å²) in [6, 6.07) is 13.2. The quantitative estimate of drug-likeness (QED) is 0.575. The molecule has 2 rings (SSSR count). The van der Waals surface area contributed by atoms with Crippen molar-refractivity contribution in [2.24, 2.45) is 0 Å². The first-order valence-electron chi connectivity index (χ1n) is 6.16. The maximum Gasteiger partial charge on any atom is 0.200 e. The van der Waals surface area contributed by atoms with E-state index in [4.69, 9.17) is 4.74 Å². The van der Waals surface area contributed by atoms with Crippen molar-refractivity contribution in [3.63, 3.8) is 0 Å². The summed E-state index contributed by atoms with van der Waals surface area (Å²) in [5.41, 5.74) is 1.76. The molecule has 104 valence electrons. The van der Waals surface area contributed by atoms with Gasteiger partial charge in [0.15, 0.2) is 12.4 Å². The Balaban J connectivity index is 1.98. The number of carbonyl (C=O) groups excluding carboxylic acids is 1. The average Bonchev–Trinajstić information content (AvgIpc) is 2.48. The van der Waals surface area contributed by atoms with Crippen molar-refractivity contribution in [1.29, 1.82) is 0 Å². The number of aryl methyl sites for hydroxylation is 1. The van der Waals surface area contributed by atoms with Gasteiger partial charge in [0, 0.05) is 14.9 Å². The second-order valence-corrected chi connectivity index (χ2v) is 6.09. The molecule has 0 N–H and O–H groups in total. The number of halogens is 1. The molecule has 2 aromatic rings. The Bertz CT molecular complexity index is 608. The van der Waals surface area contributed by atoms with Gasteiger partial charge in [-0.15, -0.1) is 11.8 Å². The van der Waals surface area contributed by atoms with Gasteiger partial charge in [-0.2, -0.15) is 0 Å². The largest absolute Gasteiger partial charge is 0.485 e. The molecule has 20 heavy (non-hydrogen) atoms. The van der Waals surface area contributed by atoms with Gasteiger partial charge < -0.3 is 4.74 Å². The zero-order valence-electron chi connectivity index (χ0n) is 11.4. The van der Waals surface area contributed by atoms with Crippen LogP contribution in [0.4, 0.5) is 0 Å². The SMILES string of the molecule is CSc1ccc(C(=O)COc2ccc(Br)c(C)c2)cc1. The summed E-state index contributed by atoms with van der Waals surface area (Å²) in [4.78, 5) is 13.2. The molecule has 0 aliphatic carbocycles. The minimum atomic E-state index is -0.0155. The predicted octanol–water partition coefficient (Wildman–Crippen LogP) is 4.74. The second-order valence-electron chi connectivity index (χ2n) is 4.35. The smallest absolute Gasteiger partial charge is 0.200 e. The Morgan fingerprint density at radius 1 is 1.20 bits per heavy atom. The predicted molar refractivity (Wildman–Crippen MR) is 86.9 cm³/mol. The van der Waals surface area contributed by atoms with E-state index in [0.29, 0.717) is 11.3 Å². The zero-order valence-corrected chi connectivity index (χ0v) is 13.8. The number of Topliss-reactive ketones (excluding diaryl/α,β-unsaturated/α-hetero) is 1. The molecule has 2 nitrogen and oxygen atoms in total. The third-order valence-corrected chi connectivity index (χ3v) is 4.54. The van der Waals surface area contributed by atoms with Crippen molar-refractivity contribution >= 4 is 33.5 Å². The molecule has 0 fully saturated rings. The molecular formula is C16H15BrO2S. The lowest BCUT2D eigenvalue weighted by Gasteiger charge is -2.07. The summed E-state index contributed by atoms with van der Waals surface area (Å²) >= 11 is 5.09. The molecule has 0 atom stereocenters. The molecule has 0 unspecified atom stereocenters. The molecular weight excluding hydrogens is 336 g/mol. The highest BCUT2D eigenvalue weighted by Gasteiger charge is 2.07. The second kappa shape index (κ2) is 6.95. The van der Waals surface area contributed by atoms with Crippen LogP contribution in [0.1, 0.15) is 15.9 Å². The molecule has 0 amide bonds. The topological polar surface area (TPSA) is 26.3 Å². The molecule has 0 saturated heterocycles. The van der Waals surface area contributed by atoms with Gasteiger partial charge in [-0.3, -0.25) is 4.79 Å². The summed E-state index contributed by atoms with van der Waals surface area (Å²) < 4.78 is 6.57. The highest BCUT2D eigenvalue weighted by atomic mass is 79.9. The molecule has 0 heterocycles.